The Balaban J connectivity index is 2.19. The largest absolute Gasteiger partial charge is 0.460 e. The predicted molar refractivity (Wildman–Crippen MR) is 64.4 cm³/mol. The Morgan fingerprint density at radius 3 is 2.89 bits per heavy atom. The Morgan fingerprint density at radius 1 is 1.44 bits per heavy atom. The zero-order chi connectivity index (χ0) is 13.0. The van der Waals surface area contributed by atoms with Gasteiger partial charge in [-0.25, -0.2) is 9.78 Å². The summed E-state index contributed by atoms with van der Waals surface area (Å²) in [6.07, 6.45) is 3.59. The van der Waals surface area contributed by atoms with Crippen LogP contribution in [-0.2, 0) is 15.9 Å². The van der Waals surface area contributed by atoms with Gasteiger partial charge in [0.05, 0.1) is 12.3 Å². The highest BCUT2D eigenvalue weighted by Gasteiger charge is 2.26. The van der Waals surface area contributed by atoms with E-state index in [-0.39, 0.29) is 11.9 Å². The summed E-state index contributed by atoms with van der Waals surface area (Å²) in [7, 11) is 0. The van der Waals surface area contributed by atoms with E-state index in [1.54, 1.807) is 6.92 Å². The lowest BCUT2D eigenvalue weighted by Gasteiger charge is -2.19. The van der Waals surface area contributed by atoms with Gasteiger partial charge in [0.15, 0.2) is 0 Å². The first kappa shape index (κ1) is 13.1. The molecule has 18 heavy (non-hydrogen) atoms. The van der Waals surface area contributed by atoms with E-state index in [0.717, 1.165) is 25.9 Å². The van der Waals surface area contributed by atoms with Gasteiger partial charge < -0.3 is 13.9 Å². The molecule has 0 spiro atoms. The van der Waals surface area contributed by atoms with Gasteiger partial charge >= 0.3 is 5.97 Å². The zero-order valence-corrected chi connectivity index (χ0v) is 10.9. The first-order chi connectivity index (χ1) is 8.76. The van der Waals surface area contributed by atoms with E-state index in [1.165, 1.54) is 0 Å². The maximum Gasteiger partial charge on any atom is 0.376 e. The highest BCUT2D eigenvalue weighted by Crippen LogP contribution is 2.29. The molecule has 0 aromatic carbocycles. The number of hydrogen-bond acceptors (Lipinski definition) is 5. The Kier molecular flexibility index (Phi) is 4.36. The molecule has 1 aliphatic rings. The molecule has 1 aliphatic heterocycles. The zero-order valence-electron chi connectivity index (χ0n) is 10.9. The van der Waals surface area contributed by atoms with Gasteiger partial charge in [-0.15, -0.1) is 0 Å². The van der Waals surface area contributed by atoms with Crippen LogP contribution in [0.2, 0.25) is 0 Å². The number of aromatic nitrogens is 1. The van der Waals surface area contributed by atoms with E-state index in [9.17, 15) is 4.79 Å². The standard InChI is InChI=1S/C13H19NO4/c1-3-9-11(13(15)16-4-2)18-12(14-9)10-7-5-6-8-17-10/h10H,3-8H2,1-2H3. The number of carbonyl (C=O) groups excluding carboxylic acids is 1. The first-order valence-electron chi connectivity index (χ1n) is 6.54. The molecule has 1 aromatic heterocycles. The Hall–Kier alpha value is -1.36. The van der Waals surface area contributed by atoms with Crippen molar-refractivity contribution in [1.29, 1.82) is 0 Å². The third-order valence-corrected chi connectivity index (χ3v) is 2.96. The molecule has 1 saturated heterocycles. The third kappa shape index (κ3) is 2.72. The second-order valence-electron chi connectivity index (χ2n) is 4.26. The number of rotatable bonds is 4. The van der Waals surface area contributed by atoms with Crippen LogP contribution in [0.15, 0.2) is 4.42 Å². The summed E-state index contributed by atoms with van der Waals surface area (Å²) in [5.41, 5.74) is 0.651. The average molecular weight is 253 g/mol. The van der Waals surface area contributed by atoms with Crippen LogP contribution in [0.3, 0.4) is 0 Å². The highest BCUT2D eigenvalue weighted by molar-refractivity contribution is 5.87. The number of carbonyl (C=O) groups is 1. The second-order valence-corrected chi connectivity index (χ2v) is 4.26. The van der Waals surface area contributed by atoms with Crippen molar-refractivity contribution < 1.29 is 18.7 Å². The summed E-state index contributed by atoms with van der Waals surface area (Å²) < 4.78 is 16.1. The van der Waals surface area contributed by atoms with Gasteiger partial charge in [-0.1, -0.05) is 6.92 Å². The van der Waals surface area contributed by atoms with E-state index in [2.05, 4.69) is 4.98 Å². The Bertz CT molecular complexity index is 407. The fraction of sp³-hybridized carbons (Fsp3) is 0.692. The summed E-state index contributed by atoms with van der Waals surface area (Å²) in [6.45, 7) is 4.76. The number of ether oxygens (including phenoxy) is 2. The van der Waals surface area contributed by atoms with Crippen molar-refractivity contribution in [3.05, 3.63) is 17.3 Å². The van der Waals surface area contributed by atoms with Crippen molar-refractivity contribution in [2.75, 3.05) is 13.2 Å². The lowest BCUT2D eigenvalue weighted by atomic mass is 10.1. The van der Waals surface area contributed by atoms with Crippen molar-refractivity contribution in [1.82, 2.24) is 4.98 Å². The van der Waals surface area contributed by atoms with E-state index >= 15 is 0 Å². The third-order valence-electron chi connectivity index (χ3n) is 2.96. The van der Waals surface area contributed by atoms with Gasteiger partial charge in [-0.05, 0) is 32.6 Å². The molecule has 0 saturated carbocycles. The van der Waals surface area contributed by atoms with Crippen LogP contribution in [0.5, 0.6) is 0 Å². The van der Waals surface area contributed by atoms with Crippen LogP contribution in [0.25, 0.3) is 0 Å². The minimum atomic E-state index is -0.441. The number of nitrogens with zero attached hydrogens (tertiary/aromatic N) is 1. The number of aryl methyl sites for hydroxylation is 1. The molecular weight excluding hydrogens is 234 g/mol. The van der Waals surface area contributed by atoms with Gasteiger partial charge in [0, 0.05) is 6.61 Å². The van der Waals surface area contributed by atoms with Crippen LogP contribution in [0.1, 0.15) is 61.4 Å². The molecule has 2 rings (SSSR count). The van der Waals surface area contributed by atoms with Crippen LogP contribution < -0.4 is 0 Å². The average Bonchev–Trinajstić information content (AvgIpc) is 2.84. The van der Waals surface area contributed by atoms with Gasteiger partial charge in [-0.3, -0.25) is 0 Å². The lowest BCUT2D eigenvalue weighted by molar-refractivity contribution is -0.00262. The van der Waals surface area contributed by atoms with Crippen LogP contribution >= 0.6 is 0 Å². The molecule has 5 nitrogen and oxygen atoms in total. The van der Waals surface area contributed by atoms with Gasteiger partial charge in [-0.2, -0.15) is 0 Å². The van der Waals surface area contributed by atoms with E-state index in [1.807, 2.05) is 6.92 Å². The fourth-order valence-electron chi connectivity index (χ4n) is 2.04. The smallest absolute Gasteiger partial charge is 0.376 e. The normalized spacial score (nSPS) is 19.8. The fourth-order valence-corrected chi connectivity index (χ4v) is 2.04. The molecule has 2 heterocycles. The topological polar surface area (TPSA) is 61.6 Å². The Labute approximate surface area is 106 Å². The van der Waals surface area contributed by atoms with E-state index in [0.29, 0.717) is 24.6 Å². The number of esters is 1. The van der Waals surface area contributed by atoms with Crippen LogP contribution in [0, 0.1) is 0 Å². The highest BCUT2D eigenvalue weighted by atomic mass is 16.5. The minimum absolute atomic E-state index is 0.118. The van der Waals surface area contributed by atoms with Crippen LogP contribution in [-0.4, -0.2) is 24.2 Å². The summed E-state index contributed by atoms with van der Waals surface area (Å²) >= 11 is 0. The molecular formula is C13H19NO4. The first-order valence-corrected chi connectivity index (χ1v) is 6.54. The second kappa shape index (κ2) is 6.00. The van der Waals surface area contributed by atoms with E-state index in [4.69, 9.17) is 13.9 Å². The molecule has 0 radical (unpaired) electrons. The molecule has 0 aliphatic carbocycles. The van der Waals surface area contributed by atoms with Crippen molar-refractivity contribution >= 4 is 5.97 Å². The SMILES string of the molecule is CCOC(=O)c1oc(C2CCCCO2)nc1CC. The quantitative estimate of drug-likeness (QED) is 0.772. The van der Waals surface area contributed by atoms with Gasteiger partial charge in [0.25, 0.3) is 0 Å². The molecule has 0 bridgehead atoms. The molecule has 1 aromatic rings. The van der Waals surface area contributed by atoms with Gasteiger partial charge in [0.2, 0.25) is 11.7 Å². The summed E-state index contributed by atoms with van der Waals surface area (Å²) in [4.78, 5) is 16.1. The minimum Gasteiger partial charge on any atom is -0.460 e. The van der Waals surface area contributed by atoms with Crippen molar-refractivity contribution in [3.63, 3.8) is 0 Å². The summed E-state index contributed by atoms with van der Waals surface area (Å²) in [6, 6.07) is 0. The summed E-state index contributed by atoms with van der Waals surface area (Å²) in [5, 5.41) is 0. The monoisotopic (exact) mass is 253 g/mol. The van der Waals surface area contributed by atoms with E-state index < -0.39 is 5.97 Å². The number of hydrogen-bond donors (Lipinski definition) is 0. The van der Waals surface area contributed by atoms with Gasteiger partial charge in [0.1, 0.15) is 6.10 Å². The molecule has 1 unspecified atom stereocenters. The molecule has 100 valence electrons. The molecule has 0 amide bonds. The molecule has 1 atom stereocenters. The summed E-state index contributed by atoms with van der Waals surface area (Å²) in [5.74, 6) is 0.294. The maximum absolute atomic E-state index is 11.7. The van der Waals surface area contributed by atoms with Crippen molar-refractivity contribution in [3.8, 4) is 0 Å². The Morgan fingerprint density at radius 2 is 2.28 bits per heavy atom. The van der Waals surface area contributed by atoms with Crippen LogP contribution in [0.4, 0.5) is 0 Å². The lowest BCUT2D eigenvalue weighted by Crippen LogP contribution is -2.11. The molecule has 0 N–H and O–H groups in total. The van der Waals surface area contributed by atoms with Crippen molar-refractivity contribution in [2.45, 2.75) is 45.6 Å². The molecule has 1 fully saturated rings. The molecule has 5 heteroatoms. The number of oxazole rings is 1. The predicted octanol–water partition coefficient (Wildman–Crippen LogP) is 2.66. The van der Waals surface area contributed by atoms with Crippen molar-refractivity contribution in [2.24, 2.45) is 0 Å². The maximum atomic E-state index is 11.7.